The number of hydrogen-bond acceptors (Lipinski definition) is 2. The normalized spacial score (nSPS) is 16.3. The van der Waals surface area contributed by atoms with Crippen LogP contribution in [0, 0.1) is 0 Å². The van der Waals surface area contributed by atoms with Crippen LogP contribution in [-0.2, 0) is 0 Å². The van der Waals surface area contributed by atoms with E-state index in [1.165, 1.54) is 25.7 Å². The summed E-state index contributed by atoms with van der Waals surface area (Å²) >= 11 is 0. The van der Waals surface area contributed by atoms with Gasteiger partial charge in [-0.25, -0.2) is 0 Å². The molecular formula is C15H17NO2. The highest BCUT2D eigenvalue weighted by Gasteiger charge is 2.19. The van der Waals surface area contributed by atoms with Crippen molar-refractivity contribution >= 4 is 10.9 Å². The molecule has 3 nitrogen and oxygen atoms in total. The lowest BCUT2D eigenvalue weighted by Gasteiger charge is -2.12. The second kappa shape index (κ2) is 4.48. The summed E-state index contributed by atoms with van der Waals surface area (Å²) in [6, 6.07) is 7.34. The average molecular weight is 243 g/mol. The number of benzene rings is 1. The molecule has 0 spiro atoms. The Bertz CT molecular complexity index is 624. The van der Waals surface area contributed by atoms with Crippen molar-refractivity contribution in [1.29, 1.82) is 0 Å². The molecule has 3 rings (SSSR count). The van der Waals surface area contributed by atoms with E-state index in [1.807, 2.05) is 18.2 Å². The lowest BCUT2D eigenvalue weighted by Crippen LogP contribution is -2.08. The van der Waals surface area contributed by atoms with Gasteiger partial charge in [0, 0.05) is 17.1 Å². The smallest absolute Gasteiger partial charge is 0.189 e. The van der Waals surface area contributed by atoms with E-state index in [0.717, 1.165) is 17.0 Å². The Morgan fingerprint density at radius 2 is 2.06 bits per heavy atom. The number of aromatic nitrogens is 1. The number of methoxy groups -OCH3 is 1. The molecule has 1 saturated carbocycles. The van der Waals surface area contributed by atoms with Crippen molar-refractivity contribution in [3.05, 3.63) is 40.2 Å². The highest BCUT2D eigenvalue weighted by molar-refractivity contribution is 5.84. The van der Waals surface area contributed by atoms with Crippen LogP contribution in [0.2, 0.25) is 0 Å². The van der Waals surface area contributed by atoms with Crippen LogP contribution in [0.15, 0.2) is 29.1 Å². The molecule has 0 bridgehead atoms. The predicted molar refractivity (Wildman–Crippen MR) is 72.3 cm³/mol. The molecule has 18 heavy (non-hydrogen) atoms. The third-order valence-corrected chi connectivity index (χ3v) is 3.86. The number of fused-ring (bicyclic) bond motifs is 1. The molecule has 1 aromatic carbocycles. The van der Waals surface area contributed by atoms with Gasteiger partial charge in [0.15, 0.2) is 5.43 Å². The van der Waals surface area contributed by atoms with Gasteiger partial charge in [-0.3, -0.25) is 4.79 Å². The molecule has 1 aliphatic carbocycles. The monoisotopic (exact) mass is 243 g/mol. The van der Waals surface area contributed by atoms with Crippen molar-refractivity contribution in [2.45, 2.75) is 31.6 Å². The van der Waals surface area contributed by atoms with Gasteiger partial charge in [-0.15, -0.1) is 0 Å². The highest BCUT2D eigenvalue weighted by Crippen LogP contribution is 2.33. The van der Waals surface area contributed by atoms with Crippen LogP contribution in [0.4, 0.5) is 0 Å². The van der Waals surface area contributed by atoms with Crippen molar-refractivity contribution < 1.29 is 4.74 Å². The zero-order valence-electron chi connectivity index (χ0n) is 10.5. The van der Waals surface area contributed by atoms with Gasteiger partial charge in [0.25, 0.3) is 0 Å². The number of aromatic amines is 1. The van der Waals surface area contributed by atoms with E-state index >= 15 is 0 Å². The lowest BCUT2D eigenvalue weighted by molar-refractivity contribution is 0.418. The molecule has 0 aliphatic heterocycles. The number of nitrogens with one attached hydrogen (secondary N) is 1. The van der Waals surface area contributed by atoms with Gasteiger partial charge in [-0.2, -0.15) is 0 Å². The van der Waals surface area contributed by atoms with Gasteiger partial charge in [0.05, 0.1) is 12.6 Å². The van der Waals surface area contributed by atoms with Gasteiger partial charge in [-0.1, -0.05) is 18.9 Å². The summed E-state index contributed by atoms with van der Waals surface area (Å²) in [7, 11) is 1.63. The van der Waals surface area contributed by atoms with Crippen LogP contribution >= 0.6 is 0 Å². The van der Waals surface area contributed by atoms with Gasteiger partial charge < -0.3 is 9.72 Å². The van der Waals surface area contributed by atoms with Crippen LogP contribution in [0.25, 0.3) is 10.9 Å². The zero-order chi connectivity index (χ0) is 12.5. The van der Waals surface area contributed by atoms with E-state index in [2.05, 4.69) is 4.98 Å². The number of para-hydroxylation sites is 1. The third kappa shape index (κ3) is 1.80. The van der Waals surface area contributed by atoms with E-state index < -0.39 is 0 Å². The Hall–Kier alpha value is -1.77. The van der Waals surface area contributed by atoms with Gasteiger partial charge >= 0.3 is 0 Å². The summed E-state index contributed by atoms with van der Waals surface area (Å²) < 4.78 is 5.33. The summed E-state index contributed by atoms with van der Waals surface area (Å²) in [5.41, 5.74) is 1.98. The fourth-order valence-electron chi connectivity index (χ4n) is 2.89. The lowest BCUT2D eigenvalue weighted by atomic mass is 10.0. The van der Waals surface area contributed by atoms with Gasteiger partial charge in [0.2, 0.25) is 0 Å². The highest BCUT2D eigenvalue weighted by atomic mass is 16.5. The molecule has 2 aromatic rings. The number of pyridine rings is 1. The van der Waals surface area contributed by atoms with Crippen LogP contribution in [0.1, 0.15) is 37.3 Å². The quantitative estimate of drug-likeness (QED) is 0.880. The first-order chi connectivity index (χ1) is 8.79. The number of H-pyrrole nitrogens is 1. The Morgan fingerprint density at radius 1 is 1.28 bits per heavy atom. The largest absolute Gasteiger partial charge is 0.495 e. The molecule has 1 aliphatic rings. The fraction of sp³-hybridized carbons (Fsp3) is 0.400. The standard InChI is InChI=1S/C15H17NO2/c1-18-14-8-4-7-11-13(17)9-12(16-15(11)14)10-5-2-3-6-10/h4,7-10H,2-3,5-6H2,1H3,(H,16,17). The van der Waals surface area contributed by atoms with E-state index in [-0.39, 0.29) is 5.43 Å². The zero-order valence-corrected chi connectivity index (χ0v) is 10.5. The van der Waals surface area contributed by atoms with E-state index in [0.29, 0.717) is 11.3 Å². The van der Waals surface area contributed by atoms with E-state index in [1.54, 1.807) is 13.2 Å². The second-order valence-corrected chi connectivity index (χ2v) is 4.95. The molecule has 0 saturated heterocycles. The second-order valence-electron chi connectivity index (χ2n) is 4.95. The predicted octanol–water partition coefficient (Wildman–Crippen LogP) is 3.19. The van der Waals surface area contributed by atoms with Crippen LogP contribution in [0.3, 0.4) is 0 Å². The summed E-state index contributed by atoms with van der Waals surface area (Å²) in [5, 5.41) is 0.705. The van der Waals surface area contributed by atoms with Gasteiger partial charge in [0.1, 0.15) is 5.75 Å². The number of hydrogen-bond donors (Lipinski definition) is 1. The summed E-state index contributed by atoms with van der Waals surface area (Å²) in [4.78, 5) is 15.6. The molecule has 1 aromatic heterocycles. The molecule has 1 heterocycles. The number of rotatable bonds is 2. The molecule has 1 fully saturated rings. The molecular weight excluding hydrogens is 226 g/mol. The van der Waals surface area contributed by atoms with E-state index in [9.17, 15) is 4.79 Å². The Labute approximate surface area is 106 Å². The van der Waals surface area contributed by atoms with Crippen molar-refractivity contribution in [3.63, 3.8) is 0 Å². The molecule has 0 radical (unpaired) electrons. The topological polar surface area (TPSA) is 42.1 Å². The maximum atomic E-state index is 12.1. The molecule has 1 N–H and O–H groups in total. The minimum absolute atomic E-state index is 0.0875. The molecule has 3 heteroatoms. The third-order valence-electron chi connectivity index (χ3n) is 3.86. The average Bonchev–Trinajstić information content (AvgIpc) is 2.92. The first-order valence-electron chi connectivity index (χ1n) is 6.49. The summed E-state index contributed by atoms with van der Waals surface area (Å²) in [5.74, 6) is 1.25. The van der Waals surface area contributed by atoms with Gasteiger partial charge in [-0.05, 0) is 30.9 Å². The van der Waals surface area contributed by atoms with Crippen LogP contribution < -0.4 is 10.2 Å². The molecule has 94 valence electrons. The first-order valence-corrected chi connectivity index (χ1v) is 6.49. The van der Waals surface area contributed by atoms with Crippen molar-refractivity contribution in [2.75, 3.05) is 7.11 Å². The van der Waals surface area contributed by atoms with E-state index in [4.69, 9.17) is 4.74 Å². The maximum Gasteiger partial charge on any atom is 0.189 e. The fourth-order valence-corrected chi connectivity index (χ4v) is 2.89. The SMILES string of the molecule is COc1cccc2c(=O)cc(C3CCCC3)[nH]c12. The number of ether oxygens (including phenoxy) is 1. The van der Waals surface area contributed by atoms with Crippen LogP contribution in [0.5, 0.6) is 5.75 Å². The van der Waals surface area contributed by atoms with Crippen molar-refractivity contribution in [3.8, 4) is 5.75 Å². The Kier molecular flexibility index (Phi) is 2.82. The summed E-state index contributed by atoms with van der Waals surface area (Å²) in [6.45, 7) is 0. The van der Waals surface area contributed by atoms with Crippen molar-refractivity contribution in [2.24, 2.45) is 0 Å². The molecule has 0 atom stereocenters. The Balaban J connectivity index is 2.21. The minimum Gasteiger partial charge on any atom is -0.495 e. The minimum atomic E-state index is 0.0875. The van der Waals surface area contributed by atoms with Crippen molar-refractivity contribution in [1.82, 2.24) is 4.98 Å². The first kappa shape index (κ1) is 11.3. The summed E-state index contributed by atoms with van der Waals surface area (Å²) in [6.07, 6.45) is 4.88. The molecule has 0 unspecified atom stereocenters. The maximum absolute atomic E-state index is 12.1. The molecule has 0 amide bonds. The Morgan fingerprint density at radius 3 is 2.78 bits per heavy atom. The van der Waals surface area contributed by atoms with Crippen LogP contribution in [-0.4, -0.2) is 12.1 Å².